The third kappa shape index (κ3) is 3.90. The summed E-state index contributed by atoms with van der Waals surface area (Å²) in [6.07, 6.45) is 5.62. The molecule has 0 aliphatic carbocycles. The Morgan fingerprint density at radius 3 is 2.81 bits per heavy atom. The van der Waals surface area contributed by atoms with Gasteiger partial charge in [-0.05, 0) is 36.4 Å². The number of hydrogen-bond acceptors (Lipinski definition) is 4. The van der Waals surface area contributed by atoms with Crippen LogP contribution in [0.5, 0.6) is 0 Å². The summed E-state index contributed by atoms with van der Waals surface area (Å²) in [7, 11) is 1.79. The number of hydrogen-bond donors (Lipinski definition) is 0. The molecule has 0 aliphatic heterocycles. The van der Waals surface area contributed by atoms with Crippen LogP contribution in [0.15, 0.2) is 82.6 Å². The van der Waals surface area contributed by atoms with E-state index in [1.165, 1.54) is 0 Å². The van der Waals surface area contributed by atoms with Crippen LogP contribution >= 0.6 is 11.8 Å². The van der Waals surface area contributed by atoms with Gasteiger partial charge in [0.1, 0.15) is 11.4 Å². The van der Waals surface area contributed by atoms with Crippen molar-refractivity contribution >= 4 is 23.3 Å². The molecule has 136 valence electrons. The molecule has 0 unspecified atom stereocenters. The summed E-state index contributed by atoms with van der Waals surface area (Å²) in [6.45, 7) is 0.442. The van der Waals surface area contributed by atoms with Gasteiger partial charge < -0.3 is 13.7 Å². The zero-order valence-electron chi connectivity index (χ0n) is 14.9. The quantitative estimate of drug-likeness (QED) is 0.465. The maximum Gasteiger partial charge on any atom is 0.255 e. The number of aromatic nitrogens is 2. The second kappa shape index (κ2) is 7.72. The lowest BCUT2D eigenvalue weighted by Gasteiger charge is -2.17. The summed E-state index contributed by atoms with van der Waals surface area (Å²) in [5.74, 6) is 1.44. The predicted molar refractivity (Wildman–Crippen MR) is 106 cm³/mol. The number of fused-ring (bicyclic) bond motifs is 1. The van der Waals surface area contributed by atoms with E-state index in [2.05, 4.69) is 4.98 Å². The van der Waals surface area contributed by atoms with Crippen molar-refractivity contribution in [1.82, 2.24) is 14.3 Å². The van der Waals surface area contributed by atoms with Crippen LogP contribution in [0.1, 0.15) is 21.8 Å². The van der Waals surface area contributed by atoms with Gasteiger partial charge in [-0.25, -0.2) is 4.98 Å². The molecule has 0 radical (unpaired) electrons. The smallest absolute Gasteiger partial charge is 0.255 e. The molecule has 6 heteroatoms. The average Bonchev–Trinajstić information content (AvgIpc) is 3.35. The van der Waals surface area contributed by atoms with E-state index in [-0.39, 0.29) is 5.91 Å². The Labute approximate surface area is 161 Å². The molecule has 3 heterocycles. The van der Waals surface area contributed by atoms with Crippen molar-refractivity contribution in [3.8, 4) is 0 Å². The first kappa shape index (κ1) is 17.4. The van der Waals surface area contributed by atoms with E-state index in [9.17, 15) is 4.79 Å². The Morgan fingerprint density at radius 2 is 2.00 bits per heavy atom. The summed E-state index contributed by atoms with van der Waals surface area (Å²) in [4.78, 5) is 20.1. The molecule has 0 saturated carbocycles. The van der Waals surface area contributed by atoms with Crippen molar-refractivity contribution in [3.63, 3.8) is 0 Å². The molecule has 0 saturated heterocycles. The number of thioether (sulfide) groups is 1. The molecular weight excluding hydrogens is 358 g/mol. The molecule has 0 N–H and O–H groups in total. The largest absolute Gasteiger partial charge is 0.467 e. The molecule has 1 amide bonds. The van der Waals surface area contributed by atoms with E-state index in [0.29, 0.717) is 17.9 Å². The summed E-state index contributed by atoms with van der Waals surface area (Å²) >= 11 is 1.62. The molecule has 0 atom stereocenters. The predicted octanol–water partition coefficient (Wildman–Crippen LogP) is 4.49. The molecule has 1 aromatic carbocycles. The van der Waals surface area contributed by atoms with Crippen LogP contribution in [0.4, 0.5) is 0 Å². The van der Waals surface area contributed by atoms with Gasteiger partial charge in [0.15, 0.2) is 0 Å². The maximum atomic E-state index is 12.9. The number of furan rings is 1. The van der Waals surface area contributed by atoms with Gasteiger partial charge in [0.25, 0.3) is 5.91 Å². The van der Waals surface area contributed by atoms with Crippen LogP contribution in [0.3, 0.4) is 0 Å². The van der Waals surface area contributed by atoms with Crippen LogP contribution in [0, 0.1) is 0 Å². The fourth-order valence-corrected chi connectivity index (χ4v) is 3.82. The highest BCUT2D eigenvalue weighted by Crippen LogP contribution is 2.27. The third-order valence-electron chi connectivity index (χ3n) is 4.23. The van der Waals surface area contributed by atoms with Crippen LogP contribution in [-0.4, -0.2) is 27.2 Å². The topological polar surface area (TPSA) is 50.8 Å². The van der Waals surface area contributed by atoms with Gasteiger partial charge >= 0.3 is 0 Å². The molecule has 5 nitrogen and oxygen atoms in total. The van der Waals surface area contributed by atoms with Crippen molar-refractivity contribution in [3.05, 3.63) is 90.3 Å². The van der Waals surface area contributed by atoms with Crippen LogP contribution in [-0.2, 0) is 12.3 Å². The summed E-state index contributed by atoms with van der Waals surface area (Å²) in [6, 6.07) is 17.3. The van der Waals surface area contributed by atoms with Gasteiger partial charge in [0.2, 0.25) is 0 Å². The lowest BCUT2D eigenvalue weighted by molar-refractivity contribution is 0.0772. The zero-order chi connectivity index (χ0) is 18.6. The highest BCUT2D eigenvalue weighted by molar-refractivity contribution is 7.98. The first-order chi connectivity index (χ1) is 13.2. The van der Waals surface area contributed by atoms with Gasteiger partial charge in [-0.1, -0.05) is 18.2 Å². The molecule has 3 aromatic heterocycles. The Morgan fingerprint density at radius 1 is 1.15 bits per heavy atom. The number of nitrogens with zero attached hydrogens (tertiary/aromatic N) is 3. The van der Waals surface area contributed by atoms with Gasteiger partial charge in [0, 0.05) is 30.1 Å². The highest BCUT2D eigenvalue weighted by Gasteiger charge is 2.17. The first-order valence-electron chi connectivity index (χ1n) is 8.63. The fourth-order valence-electron chi connectivity index (χ4n) is 2.89. The Bertz CT molecular complexity index is 1020. The highest BCUT2D eigenvalue weighted by atomic mass is 32.2. The van der Waals surface area contributed by atoms with Crippen molar-refractivity contribution in [1.29, 1.82) is 0 Å². The van der Waals surface area contributed by atoms with Crippen molar-refractivity contribution < 1.29 is 9.21 Å². The molecule has 0 bridgehead atoms. The normalized spacial score (nSPS) is 11.0. The molecule has 4 rings (SSSR count). The second-order valence-corrected chi connectivity index (χ2v) is 7.24. The van der Waals surface area contributed by atoms with Crippen molar-refractivity contribution in [2.75, 3.05) is 7.05 Å². The number of amides is 1. The number of rotatable bonds is 6. The second-order valence-electron chi connectivity index (χ2n) is 6.22. The zero-order valence-corrected chi connectivity index (χ0v) is 15.7. The molecular formula is C21H19N3O2S. The molecule has 0 fully saturated rings. The van der Waals surface area contributed by atoms with Crippen LogP contribution in [0.25, 0.3) is 5.65 Å². The van der Waals surface area contributed by atoms with E-state index in [1.807, 2.05) is 71.4 Å². The van der Waals surface area contributed by atoms with E-state index in [0.717, 1.165) is 22.0 Å². The summed E-state index contributed by atoms with van der Waals surface area (Å²) < 4.78 is 7.35. The van der Waals surface area contributed by atoms with E-state index in [1.54, 1.807) is 30.0 Å². The summed E-state index contributed by atoms with van der Waals surface area (Å²) in [5.41, 5.74) is 2.60. The number of carbonyl (C=O) groups is 1. The fraction of sp³-hybridized carbons (Fsp3) is 0.143. The molecule has 27 heavy (non-hydrogen) atoms. The molecule has 4 aromatic rings. The van der Waals surface area contributed by atoms with E-state index in [4.69, 9.17) is 4.42 Å². The standard InChI is InChI=1S/C21H19N3O2S/c1-23(14-17-7-6-12-26-17)21(25)18-8-2-3-9-19(18)27-15-16-13-24-11-5-4-10-20(24)22-16/h2-13H,14-15H2,1H3. The Balaban J connectivity index is 1.49. The minimum atomic E-state index is -0.0236. The molecule has 0 aliphatic rings. The monoisotopic (exact) mass is 377 g/mol. The Kier molecular flexibility index (Phi) is 4.98. The summed E-state index contributed by atoms with van der Waals surface area (Å²) in [5, 5.41) is 0. The van der Waals surface area contributed by atoms with Gasteiger partial charge in [0.05, 0.1) is 24.1 Å². The van der Waals surface area contributed by atoms with Crippen molar-refractivity contribution in [2.45, 2.75) is 17.2 Å². The van der Waals surface area contributed by atoms with Gasteiger partial charge in [-0.3, -0.25) is 4.79 Å². The molecule has 0 spiro atoms. The SMILES string of the molecule is CN(Cc1ccco1)C(=O)c1ccccc1SCc1cn2ccccc2n1. The number of imidazole rings is 1. The maximum absolute atomic E-state index is 12.9. The number of benzene rings is 1. The minimum Gasteiger partial charge on any atom is -0.467 e. The van der Waals surface area contributed by atoms with Gasteiger partial charge in [-0.15, -0.1) is 11.8 Å². The number of carbonyl (C=O) groups excluding carboxylic acids is 1. The van der Waals surface area contributed by atoms with Crippen LogP contribution in [0.2, 0.25) is 0 Å². The lowest BCUT2D eigenvalue weighted by Crippen LogP contribution is -2.26. The Hall–Kier alpha value is -2.99. The third-order valence-corrected chi connectivity index (χ3v) is 5.33. The lowest BCUT2D eigenvalue weighted by atomic mass is 10.2. The van der Waals surface area contributed by atoms with Gasteiger partial charge in [-0.2, -0.15) is 0 Å². The number of pyridine rings is 1. The minimum absolute atomic E-state index is 0.0236. The van der Waals surface area contributed by atoms with E-state index < -0.39 is 0 Å². The van der Waals surface area contributed by atoms with Crippen LogP contribution < -0.4 is 0 Å². The van der Waals surface area contributed by atoms with E-state index >= 15 is 0 Å². The first-order valence-corrected chi connectivity index (χ1v) is 9.61. The van der Waals surface area contributed by atoms with Crippen molar-refractivity contribution in [2.24, 2.45) is 0 Å². The average molecular weight is 377 g/mol.